The average molecular weight is 346 g/mol. The van der Waals surface area contributed by atoms with Crippen molar-refractivity contribution in [3.8, 4) is 5.75 Å². The average Bonchev–Trinajstić information content (AvgIpc) is 2.60. The van der Waals surface area contributed by atoms with E-state index in [1.807, 2.05) is 12.1 Å². The molecule has 24 heavy (non-hydrogen) atoms. The molecule has 2 N–H and O–H groups in total. The van der Waals surface area contributed by atoms with E-state index in [0.29, 0.717) is 16.3 Å². The van der Waals surface area contributed by atoms with Gasteiger partial charge in [-0.15, -0.1) is 0 Å². The number of benzene rings is 2. The van der Waals surface area contributed by atoms with Crippen molar-refractivity contribution in [1.29, 1.82) is 0 Å². The van der Waals surface area contributed by atoms with Crippen molar-refractivity contribution in [3.63, 3.8) is 0 Å². The molecule has 2 aromatic carbocycles. The number of nitrogens with one attached hydrogen (secondary N) is 2. The second-order valence-corrected chi connectivity index (χ2v) is 5.14. The van der Waals surface area contributed by atoms with E-state index in [1.54, 1.807) is 43.5 Å². The third-order valence-corrected chi connectivity index (χ3v) is 3.35. The van der Waals surface area contributed by atoms with Gasteiger partial charge in [0.25, 0.3) is 11.8 Å². The fourth-order valence-electron chi connectivity index (χ4n) is 1.84. The first-order valence-electron chi connectivity index (χ1n) is 7.09. The molecule has 0 saturated carbocycles. The molecule has 0 spiro atoms. The van der Waals surface area contributed by atoms with Gasteiger partial charge in [0.05, 0.1) is 30.5 Å². The third kappa shape index (κ3) is 5.10. The molecule has 0 aromatic heterocycles. The van der Waals surface area contributed by atoms with Crippen LogP contribution in [-0.2, 0) is 4.79 Å². The molecule has 0 aliphatic rings. The summed E-state index contributed by atoms with van der Waals surface area (Å²) < 4.78 is 5.09. The molecule has 0 saturated heterocycles. The Bertz CT molecular complexity index is 762. The van der Waals surface area contributed by atoms with Gasteiger partial charge in [0.15, 0.2) is 0 Å². The molecule has 0 heterocycles. The maximum Gasteiger partial charge on any atom is 0.259 e. The summed E-state index contributed by atoms with van der Waals surface area (Å²) in [6.45, 7) is -0.209. The van der Waals surface area contributed by atoms with Crippen LogP contribution >= 0.6 is 11.6 Å². The second-order valence-electron chi connectivity index (χ2n) is 4.73. The van der Waals surface area contributed by atoms with Crippen molar-refractivity contribution in [1.82, 2.24) is 10.7 Å². The zero-order chi connectivity index (χ0) is 17.4. The predicted octanol–water partition coefficient (Wildman–Crippen LogP) is 2.23. The van der Waals surface area contributed by atoms with Gasteiger partial charge in [-0.3, -0.25) is 9.59 Å². The summed E-state index contributed by atoms with van der Waals surface area (Å²) in [4.78, 5) is 23.6. The number of hydrazone groups is 1. The molecule has 0 aliphatic heterocycles. The van der Waals surface area contributed by atoms with Gasteiger partial charge in [-0.25, -0.2) is 5.43 Å². The van der Waals surface area contributed by atoms with Crippen LogP contribution in [0.4, 0.5) is 0 Å². The summed E-state index contributed by atoms with van der Waals surface area (Å²) in [5, 5.41) is 6.63. The minimum Gasteiger partial charge on any atom is -0.497 e. The molecule has 2 amide bonds. The number of carbonyl (C=O) groups excluding carboxylic acids is 2. The maximum atomic E-state index is 11.9. The van der Waals surface area contributed by atoms with Gasteiger partial charge in [-0.1, -0.05) is 35.9 Å². The summed E-state index contributed by atoms with van der Waals surface area (Å²) >= 11 is 5.92. The number of nitrogens with zero attached hydrogens (tertiary/aromatic N) is 1. The fraction of sp³-hybridized carbons (Fsp3) is 0.118. The first kappa shape index (κ1) is 17.5. The summed E-state index contributed by atoms with van der Waals surface area (Å²) in [7, 11) is 1.57. The Balaban J connectivity index is 1.82. The number of halogens is 1. The number of ether oxygens (including phenoxy) is 1. The van der Waals surface area contributed by atoms with Gasteiger partial charge in [0, 0.05) is 0 Å². The molecule has 0 aliphatic carbocycles. The lowest BCUT2D eigenvalue weighted by atomic mass is 10.2. The van der Waals surface area contributed by atoms with Crippen LogP contribution in [-0.4, -0.2) is 31.7 Å². The number of rotatable bonds is 6. The zero-order valence-electron chi connectivity index (χ0n) is 13.0. The summed E-state index contributed by atoms with van der Waals surface area (Å²) in [5.41, 5.74) is 3.42. The number of carbonyl (C=O) groups is 2. The van der Waals surface area contributed by atoms with Gasteiger partial charge in [0.2, 0.25) is 0 Å². The molecule has 0 unspecified atom stereocenters. The molecule has 124 valence electrons. The van der Waals surface area contributed by atoms with Crippen molar-refractivity contribution >= 4 is 29.6 Å². The lowest BCUT2D eigenvalue weighted by molar-refractivity contribution is -0.120. The summed E-state index contributed by atoms with van der Waals surface area (Å²) in [5.74, 6) is -0.181. The Morgan fingerprint density at radius 3 is 2.75 bits per heavy atom. The van der Waals surface area contributed by atoms with Gasteiger partial charge in [-0.05, 0) is 29.8 Å². The van der Waals surface area contributed by atoms with E-state index in [4.69, 9.17) is 16.3 Å². The van der Waals surface area contributed by atoms with Crippen molar-refractivity contribution < 1.29 is 14.3 Å². The molecule has 0 atom stereocenters. The Kier molecular flexibility index (Phi) is 6.33. The van der Waals surface area contributed by atoms with Crippen LogP contribution in [0.25, 0.3) is 0 Å². The van der Waals surface area contributed by atoms with Crippen molar-refractivity contribution in [2.45, 2.75) is 0 Å². The maximum absolute atomic E-state index is 11.9. The van der Waals surface area contributed by atoms with E-state index in [2.05, 4.69) is 15.8 Å². The highest BCUT2D eigenvalue weighted by Gasteiger charge is 2.10. The highest BCUT2D eigenvalue weighted by atomic mass is 35.5. The molecule has 0 radical (unpaired) electrons. The van der Waals surface area contributed by atoms with E-state index < -0.39 is 11.8 Å². The van der Waals surface area contributed by atoms with Gasteiger partial charge < -0.3 is 10.1 Å². The lowest BCUT2D eigenvalue weighted by Gasteiger charge is -2.05. The lowest BCUT2D eigenvalue weighted by Crippen LogP contribution is -2.35. The molecule has 6 nitrogen and oxygen atoms in total. The van der Waals surface area contributed by atoms with E-state index in [0.717, 1.165) is 5.56 Å². The highest BCUT2D eigenvalue weighted by molar-refractivity contribution is 6.33. The SMILES string of the molecule is COc1cccc(/C=N/NC(=O)CNC(=O)c2ccccc2Cl)c1. The first-order chi connectivity index (χ1) is 11.6. The summed E-state index contributed by atoms with van der Waals surface area (Å²) in [6, 6.07) is 13.8. The highest BCUT2D eigenvalue weighted by Crippen LogP contribution is 2.14. The standard InChI is InChI=1S/C17H16ClN3O3/c1-24-13-6-4-5-12(9-13)10-20-21-16(22)11-19-17(23)14-7-2-3-8-15(14)18/h2-10H,11H2,1H3,(H,19,23)(H,21,22)/b20-10+. The van der Waals surface area contributed by atoms with Crippen LogP contribution < -0.4 is 15.5 Å². The molecule has 0 bridgehead atoms. The number of hydrogen-bond donors (Lipinski definition) is 2. The van der Waals surface area contributed by atoms with E-state index in [-0.39, 0.29) is 6.54 Å². The van der Waals surface area contributed by atoms with Crippen LogP contribution in [0.15, 0.2) is 53.6 Å². The number of methoxy groups -OCH3 is 1. The smallest absolute Gasteiger partial charge is 0.259 e. The second kappa shape index (κ2) is 8.69. The van der Waals surface area contributed by atoms with E-state index in [9.17, 15) is 9.59 Å². The quantitative estimate of drug-likeness (QED) is 0.622. The molecule has 0 fully saturated rings. The largest absolute Gasteiger partial charge is 0.497 e. The van der Waals surface area contributed by atoms with E-state index >= 15 is 0 Å². The van der Waals surface area contributed by atoms with Crippen molar-refractivity contribution in [2.24, 2.45) is 5.10 Å². The Morgan fingerprint density at radius 2 is 2.00 bits per heavy atom. The summed E-state index contributed by atoms with van der Waals surface area (Å²) in [6.07, 6.45) is 1.48. The minimum absolute atomic E-state index is 0.209. The van der Waals surface area contributed by atoms with Gasteiger partial charge in [0.1, 0.15) is 5.75 Å². The van der Waals surface area contributed by atoms with Gasteiger partial charge >= 0.3 is 0 Å². The molecule has 7 heteroatoms. The van der Waals surface area contributed by atoms with Gasteiger partial charge in [-0.2, -0.15) is 5.10 Å². The van der Waals surface area contributed by atoms with Crippen molar-refractivity contribution in [2.75, 3.05) is 13.7 Å². The Hall–Kier alpha value is -2.86. The van der Waals surface area contributed by atoms with Crippen LogP contribution in [0.1, 0.15) is 15.9 Å². The molecular weight excluding hydrogens is 330 g/mol. The fourth-order valence-corrected chi connectivity index (χ4v) is 2.06. The van der Waals surface area contributed by atoms with E-state index in [1.165, 1.54) is 6.21 Å². The zero-order valence-corrected chi connectivity index (χ0v) is 13.7. The topological polar surface area (TPSA) is 79.8 Å². The van der Waals surface area contributed by atoms with Crippen LogP contribution in [0.5, 0.6) is 5.75 Å². The van der Waals surface area contributed by atoms with Crippen LogP contribution in [0, 0.1) is 0 Å². The normalized spacial score (nSPS) is 10.4. The minimum atomic E-state index is -0.449. The van der Waals surface area contributed by atoms with Crippen molar-refractivity contribution in [3.05, 3.63) is 64.7 Å². The molecule has 2 aromatic rings. The third-order valence-electron chi connectivity index (χ3n) is 3.02. The molecular formula is C17H16ClN3O3. The predicted molar refractivity (Wildman–Crippen MR) is 92.5 cm³/mol. The Morgan fingerprint density at radius 1 is 1.21 bits per heavy atom. The number of amides is 2. The number of hydrogen-bond acceptors (Lipinski definition) is 4. The monoisotopic (exact) mass is 345 g/mol. The van der Waals surface area contributed by atoms with Crippen LogP contribution in [0.3, 0.4) is 0 Å². The Labute approximate surface area is 144 Å². The first-order valence-corrected chi connectivity index (χ1v) is 7.46. The van der Waals surface area contributed by atoms with Crippen LogP contribution in [0.2, 0.25) is 5.02 Å². The molecule has 2 rings (SSSR count).